The summed E-state index contributed by atoms with van der Waals surface area (Å²) in [5.74, 6) is -2.02. The number of nitrogens with one attached hydrogen (secondary N) is 1. The molecule has 168 valence electrons. The molecule has 0 spiro atoms. The van der Waals surface area contributed by atoms with Gasteiger partial charge < -0.3 is 26.3 Å². The summed E-state index contributed by atoms with van der Waals surface area (Å²) in [6.07, 6.45) is 0. The van der Waals surface area contributed by atoms with Gasteiger partial charge >= 0.3 is 11.9 Å². The minimum Gasteiger partial charge on any atom is -0.461 e. The van der Waals surface area contributed by atoms with E-state index in [0.29, 0.717) is 22.0 Å². The summed E-state index contributed by atoms with van der Waals surface area (Å²) in [5.41, 5.74) is 12.9. The molecule has 0 saturated heterocycles. The van der Waals surface area contributed by atoms with Gasteiger partial charge in [0.2, 0.25) is 0 Å². The number of hydrogen-bond donors (Lipinski definition) is 3. The molecule has 1 aromatic carbocycles. The van der Waals surface area contributed by atoms with Crippen LogP contribution in [0.15, 0.2) is 40.7 Å². The largest absolute Gasteiger partial charge is 0.461 e. The molecule has 30 heavy (non-hydrogen) atoms. The Morgan fingerprint density at radius 3 is 1.87 bits per heavy atom. The van der Waals surface area contributed by atoms with Crippen LogP contribution in [0.2, 0.25) is 10.0 Å². The van der Waals surface area contributed by atoms with E-state index in [1.807, 2.05) is 0 Å². The first-order valence-electron chi connectivity index (χ1n) is 8.70. The summed E-state index contributed by atoms with van der Waals surface area (Å²) >= 11 is 12.6. The van der Waals surface area contributed by atoms with E-state index in [1.165, 1.54) is 0 Å². The van der Waals surface area contributed by atoms with E-state index in [9.17, 15) is 9.59 Å². The van der Waals surface area contributed by atoms with Crippen LogP contribution in [0.4, 0.5) is 0 Å². The molecule has 7 nitrogen and oxygen atoms in total. The van der Waals surface area contributed by atoms with Gasteiger partial charge in [0.25, 0.3) is 0 Å². The number of esters is 2. The van der Waals surface area contributed by atoms with Gasteiger partial charge in [-0.2, -0.15) is 0 Å². The van der Waals surface area contributed by atoms with Crippen LogP contribution < -0.4 is 16.8 Å². The molecule has 1 aliphatic rings. The van der Waals surface area contributed by atoms with Gasteiger partial charge in [-0.15, -0.1) is 24.8 Å². The van der Waals surface area contributed by atoms with E-state index in [1.54, 1.807) is 32.0 Å². The average molecular weight is 501 g/mol. The summed E-state index contributed by atoms with van der Waals surface area (Å²) in [6.45, 7) is 3.87. The quantitative estimate of drug-likeness (QED) is 0.492. The van der Waals surface area contributed by atoms with E-state index < -0.39 is 17.9 Å². The van der Waals surface area contributed by atoms with Crippen molar-refractivity contribution in [3.63, 3.8) is 0 Å². The minimum atomic E-state index is -0.817. The number of hydrogen-bond acceptors (Lipinski definition) is 7. The van der Waals surface area contributed by atoms with Crippen LogP contribution in [-0.2, 0) is 19.1 Å². The molecule has 0 aromatic heterocycles. The topological polar surface area (TPSA) is 117 Å². The van der Waals surface area contributed by atoms with Gasteiger partial charge in [0.05, 0.1) is 27.1 Å². The van der Waals surface area contributed by atoms with Gasteiger partial charge in [-0.3, -0.25) is 0 Å². The highest BCUT2D eigenvalue weighted by atomic mass is 35.5. The predicted octanol–water partition coefficient (Wildman–Crippen LogP) is 3.08. The van der Waals surface area contributed by atoms with Gasteiger partial charge in [0.15, 0.2) is 0 Å². The first-order chi connectivity index (χ1) is 13.3. The number of benzene rings is 1. The van der Waals surface area contributed by atoms with Crippen LogP contribution in [0.25, 0.3) is 0 Å². The molecule has 1 heterocycles. The maximum atomic E-state index is 12.8. The van der Waals surface area contributed by atoms with Crippen molar-refractivity contribution in [2.75, 3.05) is 26.3 Å². The van der Waals surface area contributed by atoms with Crippen molar-refractivity contribution in [2.24, 2.45) is 11.5 Å². The van der Waals surface area contributed by atoms with Crippen LogP contribution in [0.3, 0.4) is 0 Å². The van der Waals surface area contributed by atoms with Crippen LogP contribution in [0, 0.1) is 0 Å². The number of rotatable bonds is 7. The fourth-order valence-corrected chi connectivity index (χ4v) is 3.47. The second-order valence-electron chi connectivity index (χ2n) is 6.13. The Morgan fingerprint density at radius 2 is 1.43 bits per heavy atom. The lowest BCUT2D eigenvalue weighted by Gasteiger charge is -2.31. The summed E-state index contributed by atoms with van der Waals surface area (Å²) in [7, 11) is 0. The Morgan fingerprint density at radius 1 is 0.967 bits per heavy atom. The highest BCUT2D eigenvalue weighted by Crippen LogP contribution is 2.43. The fourth-order valence-electron chi connectivity index (χ4n) is 3.05. The van der Waals surface area contributed by atoms with Gasteiger partial charge in [0.1, 0.15) is 13.2 Å². The highest BCUT2D eigenvalue weighted by molar-refractivity contribution is 6.42. The van der Waals surface area contributed by atoms with Gasteiger partial charge in [0, 0.05) is 24.5 Å². The second kappa shape index (κ2) is 13.0. The SMILES string of the molecule is CC1=C(C(=O)OCCN)C(c2cccc(Cl)c2Cl)C(C(=O)OCCN)=C(C)N1.Cl.Cl. The summed E-state index contributed by atoms with van der Waals surface area (Å²) in [5, 5.41) is 3.59. The second-order valence-corrected chi connectivity index (χ2v) is 6.91. The molecule has 0 radical (unpaired) electrons. The lowest BCUT2D eigenvalue weighted by atomic mass is 9.80. The molecule has 0 bridgehead atoms. The Bertz CT molecular complexity index is 801. The highest BCUT2D eigenvalue weighted by Gasteiger charge is 2.39. The third-order valence-electron chi connectivity index (χ3n) is 4.19. The number of carbonyl (C=O) groups is 2. The number of halogens is 4. The summed E-state index contributed by atoms with van der Waals surface area (Å²) < 4.78 is 10.5. The van der Waals surface area contributed by atoms with Gasteiger partial charge in [-0.05, 0) is 25.5 Å². The fraction of sp³-hybridized carbons (Fsp3) is 0.368. The molecular weight excluding hydrogens is 476 g/mol. The number of dihydropyridines is 1. The van der Waals surface area contributed by atoms with Crippen LogP contribution in [0.1, 0.15) is 25.3 Å². The first kappa shape index (κ1) is 28.5. The molecule has 1 aliphatic heterocycles. The van der Waals surface area contributed by atoms with Crippen molar-refractivity contribution in [2.45, 2.75) is 19.8 Å². The lowest BCUT2D eigenvalue weighted by Crippen LogP contribution is -2.33. The normalized spacial score (nSPS) is 13.8. The van der Waals surface area contributed by atoms with Crippen molar-refractivity contribution in [3.05, 3.63) is 56.3 Å². The minimum absolute atomic E-state index is 0. The van der Waals surface area contributed by atoms with E-state index >= 15 is 0 Å². The van der Waals surface area contributed by atoms with Crippen LogP contribution >= 0.6 is 48.0 Å². The molecule has 0 unspecified atom stereocenters. The van der Waals surface area contributed by atoms with Gasteiger partial charge in [-0.25, -0.2) is 9.59 Å². The predicted molar refractivity (Wildman–Crippen MR) is 122 cm³/mol. The van der Waals surface area contributed by atoms with E-state index in [2.05, 4.69) is 5.32 Å². The number of allylic oxidation sites excluding steroid dienone is 2. The maximum Gasteiger partial charge on any atom is 0.336 e. The third-order valence-corrected chi connectivity index (χ3v) is 5.03. The molecule has 1 aromatic rings. The number of ether oxygens (including phenoxy) is 2. The Hall–Kier alpha value is -1.48. The molecule has 0 fully saturated rings. The zero-order valence-electron chi connectivity index (χ0n) is 16.5. The van der Waals surface area contributed by atoms with Crippen molar-refractivity contribution < 1.29 is 19.1 Å². The molecule has 0 aliphatic carbocycles. The molecular formula is C19H25Cl4N3O4. The summed E-state index contributed by atoms with van der Waals surface area (Å²) in [6, 6.07) is 5.03. The monoisotopic (exact) mass is 499 g/mol. The van der Waals surface area contributed by atoms with E-state index in [0.717, 1.165) is 0 Å². The summed E-state index contributed by atoms with van der Waals surface area (Å²) in [4.78, 5) is 25.6. The smallest absolute Gasteiger partial charge is 0.336 e. The zero-order valence-corrected chi connectivity index (χ0v) is 19.6. The van der Waals surface area contributed by atoms with Crippen LogP contribution in [0.5, 0.6) is 0 Å². The molecule has 0 saturated carbocycles. The molecule has 5 N–H and O–H groups in total. The van der Waals surface area contributed by atoms with Crippen molar-refractivity contribution in [1.29, 1.82) is 0 Å². The third kappa shape index (κ3) is 6.26. The van der Waals surface area contributed by atoms with Crippen molar-refractivity contribution >= 4 is 60.0 Å². The van der Waals surface area contributed by atoms with Crippen molar-refractivity contribution in [1.82, 2.24) is 5.32 Å². The molecule has 0 atom stereocenters. The molecule has 0 amide bonds. The zero-order chi connectivity index (χ0) is 20.8. The Balaban J connectivity index is 0.00000420. The maximum absolute atomic E-state index is 12.8. The van der Waals surface area contributed by atoms with E-state index in [-0.39, 0.29) is 67.3 Å². The Labute approximate surface area is 197 Å². The molecule has 2 rings (SSSR count). The van der Waals surface area contributed by atoms with Crippen LogP contribution in [-0.4, -0.2) is 38.2 Å². The number of carbonyl (C=O) groups excluding carboxylic acids is 2. The lowest BCUT2D eigenvalue weighted by molar-refractivity contribution is -0.139. The standard InChI is InChI=1S/C19H23Cl2N3O4.2ClH/c1-10-14(18(25)27-8-6-22)16(12-4-3-5-13(20)17(12)21)15(11(2)24-10)19(26)28-9-7-23;;/h3-5,16,24H,6-9,22-23H2,1-2H3;2*1H. The number of nitrogens with two attached hydrogens (primary N) is 2. The average Bonchev–Trinajstić information content (AvgIpc) is 2.65. The Kier molecular flexibility index (Phi) is 12.4. The van der Waals surface area contributed by atoms with E-state index in [4.69, 9.17) is 44.1 Å². The van der Waals surface area contributed by atoms with Crippen molar-refractivity contribution in [3.8, 4) is 0 Å². The molecule has 11 heteroatoms. The first-order valence-corrected chi connectivity index (χ1v) is 9.45. The van der Waals surface area contributed by atoms with Gasteiger partial charge in [-0.1, -0.05) is 35.3 Å².